The Morgan fingerprint density at radius 1 is 1.20 bits per heavy atom. The number of allylic oxidation sites excluding steroid dienone is 2. The van der Waals surface area contributed by atoms with Gasteiger partial charge in [0, 0.05) is 28.8 Å². The van der Waals surface area contributed by atoms with Gasteiger partial charge in [-0.3, -0.25) is 0 Å². The number of anilines is 1. The Hall–Kier alpha value is -2.89. The van der Waals surface area contributed by atoms with Gasteiger partial charge in [-0.05, 0) is 36.1 Å². The van der Waals surface area contributed by atoms with E-state index in [1.165, 1.54) is 33.8 Å². The summed E-state index contributed by atoms with van der Waals surface area (Å²) >= 11 is 1.43. The maximum Gasteiger partial charge on any atom is 0.165 e. The van der Waals surface area contributed by atoms with Crippen molar-refractivity contribution in [3.05, 3.63) is 56.0 Å². The van der Waals surface area contributed by atoms with E-state index in [1.54, 1.807) is 0 Å². The van der Waals surface area contributed by atoms with Crippen molar-refractivity contribution in [2.45, 2.75) is 58.3 Å². The third-order valence-electron chi connectivity index (χ3n) is 6.02. The molecule has 0 aliphatic carbocycles. The predicted molar refractivity (Wildman–Crippen MR) is 122 cm³/mol. The standard InChI is InChI=1S/C25H26N4S/c1-24(2,3)22-19(30-23(28-22)17(14-26)15-27)11-12-20-25(4,5)18-10-6-8-16-9-7-13-29(20)21(16)18/h6,8,10-12H,7,9,13H2,1-5H3/b19-11-,20-12+. The number of thiazole rings is 1. The summed E-state index contributed by atoms with van der Waals surface area (Å²) in [5.74, 6) is 0. The fourth-order valence-electron chi connectivity index (χ4n) is 4.53. The fourth-order valence-corrected chi connectivity index (χ4v) is 5.66. The first-order valence-corrected chi connectivity index (χ1v) is 11.1. The van der Waals surface area contributed by atoms with Gasteiger partial charge in [-0.1, -0.05) is 52.8 Å². The molecule has 0 spiro atoms. The summed E-state index contributed by atoms with van der Waals surface area (Å²) in [7, 11) is 0. The van der Waals surface area contributed by atoms with Gasteiger partial charge in [0.25, 0.3) is 0 Å². The van der Waals surface area contributed by atoms with Crippen LogP contribution < -0.4 is 14.1 Å². The summed E-state index contributed by atoms with van der Waals surface area (Å²) in [6.45, 7) is 12.0. The lowest BCUT2D eigenvalue weighted by Gasteiger charge is -2.30. The van der Waals surface area contributed by atoms with Crippen LogP contribution >= 0.6 is 11.3 Å². The molecule has 1 aromatic heterocycles. The summed E-state index contributed by atoms with van der Waals surface area (Å²) < 4.78 is 1.51. The summed E-state index contributed by atoms with van der Waals surface area (Å²) in [5, 5.41) is 18.6. The van der Waals surface area contributed by atoms with E-state index in [2.05, 4.69) is 74.9 Å². The van der Waals surface area contributed by atoms with Gasteiger partial charge in [-0.2, -0.15) is 10.5 Å². The van der Waals surface area contributed by atoms with Gasteiger partial charge < -0.3 is 4.90 Å². The number of para-hydroxylation sites is 1. The van der Waals surface area contributed by atoms with Crippen molar-refractivity contribution >= 4 is 28.7 Å². The first-order valence-electron chi connectivity index (χ1n) is 10.3. The maximum absolute atomic E-state index is 9.28. The van der Waals surface area contributed by atoms with Gasteiger partial charge in [-0.15, -0.1) is 11.3 Å². The van der Waals surface area contributed by atoms with Crippen molar-refractivity contribution in [2.24, 2.45) is 0 Å². The summed E-state index contributed by atoms with van der Waals surface area (Å²) in [4.78, 5) is 7.15. The molecule has 0 fully saturated rings. The Balaban J connectivity index is 1.92. The van der Waals surface area contributed by atoms with Gasteiger partial charge in [0.1, 0.15) is 16.8 Å². The van der Waals surface area contributed by atoms with E-state index < -0.39 is 0 Å². The molecule has 152 valence electrons. The van der Waals surface area contributed by atoms with Gasteiger partial charge in [0.05, 0.1) is 10.2 Å². The van der Waals surface area contributed by atoms with Crippen LogP contribution in [-0.4, -0.2) is 11.5 Å². The molecule has 4 rings (SSSR count). The van der Waals surface area contributed by atoms with Crippen molar-refractivity contribution in [3.63, 3.8) is 0 Å². The SMILES string of the molecule is CC(C)(C)c1nc(=C(C#N)C#N)s/c1=C\C=C1\N2CCCc3cccc(c32)C1(C)C. The summed E-state index contributed by atoms with van der Waals surface area (Å²) in [5.41, 5.74) is 6.27. The van der Waals surface area contributed by atoms with Crippen LogP contribution in [0.25, 0.3) is 11.6 Å². The van der Waals surface area contributed by atoms with Gasteiger partial charge in [-0.25, -0.2) is 4.98 Å². The summed E-state index contributed by atoms with van der Waals surface area (Å²) in [6.07, 6.45) is 6.65. The van der Waals surface area contributed by atoms with Gasteiger partial charge in [0.15, 0.2) is 5.57 Å². The first kappa shape index (κ1) is 20.4. The zero-order valence-electron chi connectivity index (χ0n) is 18.2. The fraction of sp³-hybridized carbons (Fsp3) is 0.400. The van der Waals surface area contributed by atoms with E-state index in [1.807, 2.05) is 12.1 Å². The minimum atomic E-state index is -0.179. The zero-order valence-corrected chi connectivity index (χ0v) is 19.0. The molecule has 0 saturated carbocycles. The van der Waals surface area contributed by atoms with Crippen molar-refractivity contribution < 1.29 is 0 Å². The predicted octanol–water partition coefficient (Wildman–Crippen LogP) is 4.05. The topological polar surface area (TPSA) is 63.7 Å². The highest BCUT2D eigenvalue weighted by Crippen LogP contribution is 2.50. The van der Waals surface area contributed by atoms with Crippen LogP contribution in [0, 0.1) is 22.7 Å². The van der Waals surface area contributed by atoms with E-state index in [0.717, 1.165) is 29.6 Å². The van der Waals surface area contributed by atoms with E-state index in [9.17, 15) is 10.5 Å². The molecule has 1 aromatic carbocycles. The van der Waals surface area contributed by atoms with Crippen LogP contribution in [0.2, 0.25) is 0 Å². The Morgan fingerprint density at radius 3 is 2.60 bits per heavy atom. The number of nitriles is 2. The number of rotatable bonds is 1. The number of hydrogen-bond acceptors (Lipinski definition) is 5. The van der Waals surface area contributed by atoms with Crippen molar-refractivity contribution in [1.29, 1.82) is 10.5 Å². The molecule has 2 aromatic rings. The molecule has 0 saturated heterocycles. The lowest BCUT2D eigenvalue weighted by Crippen LogP contribution is -2.29. The maximum atomic E-state index is 9.28. The monoisotopic (exact) mass is 414 g/mol. The Bertz CT molecular complexity index is 1240. The first-order chi connectivity index (χ1) is 14.2. The molecular formula is C25H26N4S. The molecule has 0 atom stereocenters. The molecule has 0 N–H and O–H groups in total. The molecule has 5 heteroatoms. The van der Waals surface area contributed by atoms with E-state index in [-0.39, 0.29) is 16.4 Å². The van der Waals surface area contributed by atoms with E-state index >= 15 is 0 Å². The second-order valence-corrected chi connectivity index (χ2v) is 10.5. The zero-order chi connectivity index (χ0) is 21.7. The van der Waals surface area contributed by atoms with Crippen molar-refractivity contribution in [2.75, 3.05) is 11.4 Å². The number of benzene rings is 1. The third kappa shape index (κ3) is 3.15. The lowest BCUT2D eigenvalue weighted by atomic mass is 9.83. The molecule has 0 bridgehead atoms. The molecule has 0 radical (unpaired) electrons. The Kier molecular flexibility index (Phi) is 4.83. The highest BCUT2D eigenvalue weighted by molar-refractivity contribution is 7.07. The van der Waals surface area contributed by atoms with Gasteiger partial charge >= 0.3 is 0 Å². The largest absolute Gasteiger partial charge is 0.344 e. The normalized spacial score (nSPS) is 18.8. The van der Waals surface area contributed by atoms with Crippen LogP contribution in [-0.2, 0) is 17.3 Å². The number of hydrogen-bond donors (Lipinski definition) is 0. The van der Waals surface area contributed by atoms with Crippen molar-refractivity contribution in [1.82, 2.24) is 4.98 Å². The lowest BCUT2D eigenvalue weighted by molar-refractivity contribution is 0.568. The van der Waals surface area contributed by atoms with Crippen LogP contribution in [0.5, 0.6) is 0 Å². The van der Waals surface area contributed by atoms with Crippen molar-refractivity contribution in [3.8, 4) is 12.1 Å². The second-order valence-electron chi connectivity index (χ2n) is 9.49. The highest BCUT2D eigenvalue weighted by atomic mass is 32.1. The minimum absolute atomic E-state index is 0.0712. The van der Waals surface area contributed by atoms with E-state index in [0.29, 0.717) is 4.66 Å². The molecule has 2 aliphatic heterocycles. The minimum Gasteiger partial charge on any atom is -0.344 e. The van der Waals surface area contributed by atoms with Crippen LogP contribution in [0.1, 0.15) is 57.9 Å². The molecule has 3 heterocycles. The molecular weight excluding hydrogens is 388 g/mol. The molecule has 0 unspecified atom stereocenters. The third-order valence-corrected chi connectivity index (χ3v) is 7.05. The average molecular weight is 415 g/mol. The number of nitrogens with zero attached hydrogens (tertiary/aromatic N) is 4. The molecule has 2 aliphatic rings. The Morgan fingerprint density at radius 2 is 1.93 bits per heavy atom. The molecule has 30 heavy (non-hydrogen) atoms. The summed E-state index contributed by atoms with van der Waals surface area (Å²) in [6, 6.07) is 10.6. The van der Waals surface area contributed by atoms with Crippen LogP contribution in [0.3, 0.4) is 0 Å². The highest BCUT2D eigenvalue weighted by Gasteiger charge is 2.41. The average Bonchev–Trinajstić information content (AvgIpc) is 3.21. The number of aromatic nitrogens is 1. The molecule has 4 nitrogen and oxygen atoms in total. The Labute approximate surface area is 182 Å². The quantitative estimate of drug-likeness (QED) is 0.706. The second kappa shape index (κ2) is 7.11. The van der Waals surface area contributed by atoms with E-state index in [4.69, 9.17) is 0 Å². The van der Waals surface area contributed by atoms with Crippen LogP contribution in [0.4, 0.5) is 5.69 Å². The number of aryl methyl sites for hydroxylation is 1. The smallest absolute Gasteiger partial charge is 0.165 e. The van der Waals surface area contributed by atoms with Gasteiger partial charge in [0.2, 0.25) is 0 Å². The molecule has 0 amide bonds. The van der Waals surface area contributed by atoms with Crippen LogP contribution in [0.15, 0.2) is 30.0 Å².